The van der Waals surface area contributed by atoms with Crippen LogP contribution in [0.3, 0.4) is 0 Å². The number of aliphatic hydroxyl groups is 1. The first-order valence-corrected chi connectivity index (χ1v) is 6.80. The van der Waals surface area contributed by atoms with Crippen LogP contribution in [0.1, 0.15) is 44.3 Å². The molecular weight excluding hydrogens is 250 g/mol. The van der Waals surface area contributed by atoms with E-state index in [0.29, 0.717) is 19.4 Å². The van der Waals surface area contributed by atoms with E-state index in [-0.39, 0.29) is 18.8 Å². The van der Waals surface area contributed by atoms with Gasteiger partial charge in [-0.1, -0.05) is 12.1 Å². The van der Waals surface area contributed by atoms with Crippen LogP contribution in [0.5, 0.6) is 5.75 Å². The summed E-state index contributed by atoms with van der Waals surface area (Å²) in [5.74, 6) is -1.86. The summed E-state index contributed by atoms with van der Waals surface area (Å²) in [7, 11) is 0. The van der Waals surface area contributed by atoms with E-state index in [1.54, 1.807) is 12.1 Å². The predicted molar refractivity (Wildman–Crippen MR) is 69.5 cm³/mol. The summed E-state index contributed by atoms with van der Waals surface area (Å²) in [6, 6.07) is 7.23. The van der Waals surface area contributed by atoms with Gasteiger partial charge in [0, 0.05) is 12.8 Å². The van der Waals surface area contributed by atoms with E-state index < -0.39 is 12.0 Å². The van der Waals surface area contributed by atoms with Crippen molar-refractivity contribution in [3.05, 3.63) is 29.8 Å². The van der Waals surface area contributed by atoms with Gasteiger partial charge >= 0.3 is 0 Å². The van der Waals surface area contributed by atoms with Crippen LogP contribution >= 0.6 is 0 Å². The maximum absolute atomic E-state index is 13.1. The molecule has 2 nitrogen and oxygen atoms in total. The van der Waals surface area contributed by atoms with Gasteiger partial charge in [-0.15, -0.1) is 0 Å². The first kappa shape index (κ1) is 14.3. The third-order valence-corrected chi connectivity index (χ3v) is 3.74. The molecule has 1 atom stereocenters. The molecule has 0 aliphatic heterocycles. The second kappa shape index (κ2) is 5.87. The molecule has 1 fully saturated rings. The molecule has 2 rings (SSSR count). The van der Waals surface area contributed by atoms with Crippen molar-refractivity contribution in [3.63, 3.8) is 0 Å². The largest absolute Gasteiger partial charge is 0.494 e. The highest BCUT2D eigenvalue weighted by molar-refractivity contribution is 5.28. The van der Waals surface area contributed by atoms with Crippen LogP contribution in [-0.2, 0) is 0 Å². The molecule has 106 valence electrons. The predicted octanol–water partition coefficient (Wildman–Crippen LogP) is 3.94. The molecule has 0 amide bonds. The van der Waals surface area contributed by atoms with Crippen molar-refractivity contribution in [3.8, 4) is 5.75 Å². The zero-order valence-electron chi connectivity index (χ0n) is 11.1. The lowest BCUT2D eigenvalue weighted by Gasteiger charge is -2.31. The molecule has 0 bridgehead atoms. The van der Waals surface area contributed by atoms with E-state index in [9.17, 15) is 13.9 Å². The standard InChI is InChI=1S/C15H20F2O2/c1-2-19-13-5-3-11(4-6-13)14(18)12-7-9-15(16,17)10-8-12/h3-6,12,14,18H,2,7-10H2,1H3. The van der Waals surface area contributed by atoms with Gasteiger partial charge in [0.25, 0.3) is 0 Å². The SMILES string of the molecule is CCOc1ccc(C(O)C2CCC(F)(F)CC2)cc1. The number of ether oxygens (including phenoxy) is 1. The van der Waals surface area contributed by atoms with E-state index in [1.807, 2.05) is 19.1 Å². The molecule has 1 aliphatic carbocycles. The molecular formula is C15H20F2O2. The number of aliphatic hydroxyl groups excluding tert-OH is 1. The lowest BCUT2D eigenvalue weighted by atomic mass is 9.81. The summed E-state index contributed by atoms with van der Waals surface area (Å²) in [6.07, 6.45) is -0.146. The summed E-state index contributed by atoms with van der Waals surface area (Å²) < 4.78 is 31.5. The Hall–Kier alpha value is -1.16. The normalized spacial score (nSPS) is 21.1. The summed E-state index contributed by atoms with van der Waals surface area (Å²) >= 11 is 0. The number of hydrogen-bond donors (Lipinski definition) is 1. The van der Waals surface area contributed by atoms with Gasteiger partial charge in [0.2, 0.25) is 5.92 Å². The fourth-order valence-corrected chi connectivity index (χ4v) is 2.58. The molecule has 1 saturated carbocycles. The summed E-state index contributed by atoms with van der Waals surface area (Å²) in [6.45, 7) is 2.50. The average molecular weight is 270 g/mol. The number of alkyl halides is 2. The molecule has 1 aromatic rings. The monoisotopic (exact) mass is 270 g/mol. The number of benzene rings is 1. The number of hydrogen-bond acceptors (Lipinski definition) is 2. The molecule has 1 unspecified atom stereocenters. The molecule has 0 radical (unpaired) electrons. The molecule has 0 saturated heterocycles. The van der Waals surface area contributed by atoms with Crippen molar-refractivity contribution in [1.29, 1.82) is 0 Å². The lowest BCUT2D eigenvalue weighted by Crippen LogP contribution is -2.27. The van der Waals surface area contributed by atoms with Crippen LogP contribution in [0.4, 0.5) is 8.78 Å². The number of halogens is 2. The molecule has 19 heavy (non-hydrogen) atoms. The summed E-state index contributed by atoms with van der Waals surface area (Å²) in [5.41, 5.74) is 0.777. The van der Waals surface area contributed by atoms with Gasteiger partial charge in [0.1, 0.15) is 5.75 Å². The van der Waals surface area contributed by atoms with Crippen molar-refractivity contribution >= 4 is 0 Å². The van der Waals surface area contributed by atoms with Crippen LogP contribution in [0.2, 0.25) is 0 Å². The van der Waals surface area contributed by atoms with Crippen LogP contribution in [0.25, 0.3) is 0 Å². The molecule has 1 aliphatic rings. The Morgan fingerprint density at radius 1 is 1.26 bits per heavy atom. The van der Waals surface area contributed by atoms with Gasteiger partial charge in [0.15, 0.2) is 0 Å². The molecule has 1 N–H and O–H groups in total. The van der Waals surface area contributed by atoms with Crippen molar-refractivity contribution in [1.82, 2.24) is 0 Å². The van der Waals surface area contributed by atoms with Crippen LogP contribution in [0.15, 0.2) is 24.3 Å². The Bertz CT molecular complexity index is 393. The average Bonchev–Trinajstić information content (AvgIpc) is 2.39. The minimum atomic E-state index is -2.55. The van der Waals surface area contributed by atoms with Gasteiger partial charge in [-0.25, -0.2) is 8.78 Å². The third kappa shape index (κ3) is 3.66. The van der Waals surface area contributed by atoms with Crippen molar-refractivity contribution in [2.75, 3.05) is 6.61 Å². The minimum absolute atomic E-state index is 0.0717. The lowest BCUT2D eigenvalue weighted by molar-refractivity contribution is -0.0627. The molecule has 1 aromatic carbocycles. The fraction of sp³-hybridized carbons (Fsp3) is 0.600. The quantitative estimate of drug-likeness (QED) is 0.897. The molecule has 0 aromatic heterocycles. The fourth-order valence-electron chi connectivity index (χ4n) is 2.58. The minimum Gasteiger partial charge on any atom is -0.494 e. The highest BCUT2D eigenvalue weighted by Gasteiger charge is 2.37. The summed E-state index contributed by atoms with van der Waals surface area (Å²) in [5, 5.41) is 10.3. The van der Waals surface area contributed by atoms with Crippen LogP contribution in [-0.4, -0.2) is 17.6 Å². The van der Waals surface area contributed by atoms with Gasteiger partial charge in [0.05, 0.1) is 12.7 Å². The van der Waals surface area contributed by atoms with E-state index in [1.165, 1.54) is 0 Å². The van der Waals surface area contributed by atoms with Crippen molar-refractivity contribution < 1.29 is 18.6 Å². The zero-order chi connectivity index (χ0) is 13.9. The second-order valence-corrected chi connectivity index (χ2v) is 5.14. The molecule has 0 heterocycles. The molecule has 4 heteroatoms. The van der Waals surface area contributed by atoms with Crippen molar-refractivity contribution in [2.45, 2.75) is 44.6 Å². The first-order chi connectivity index (χ1) is 9.02. The van der Waals surface area contributed by atoms with Crippen LogP contribution < -0.4 is 4.74 Å². The van der Waals surface area contributed by atoms with Gasteiger partial charge < -0.3 is 9.84 Å². The Labute approximate surface area is 112 Å². The van der Waals surface area contributed by atoms with Gasteiger partial charge in [-0.3, -0.25) is 0 Å². The Kier molecular flexibility index (Phi) is 4.40. The Morgan fingerprint density at radius 3 is 2.37 bits per heavy atom. The summed E-state index contributed by atoms with van der Waals surface area (Å²) in [4.78, 5) is 0. The van der Waals surface area contributed by atoms with E-state index in [4.69, 9.17) is 4.74 Å². The van der Waals surface area contributed by atoms with Crippen molar-refractivity contribution in [2.24, 2.45) is 5.92 Å². The zero-order valence-corrected chi connectivity index (χ0v) is 11.1. The topological polar surface area (TPSA) is 29.5 Å². The highest BCUT2D eigenvalue weighted by Crippen LogP contribution is 2.41. The second-order valence-electron chi connectivity index (χ2n) is 5.14. The number of rotatable bonds is 4. The van der Waals surface area contributed by atoms with E-state index >= 15 is 0 Å². The van der Waals surface area contributed by atoms with Gasteiger partial charge in [-0.05, 0) is 43.4 Å². The van der Waals surface area contributed by atoms with E-state index in [0.717, 1.165) is 11.3 Å². The maximum atomic E-state index is 13.1. The van der Waals surface area contributed by atoms with Crippen LogP contribution in [0, 0.1) is 5.92 Å². The maximum Gasteiger partial charge on any atom is 0.248 e. The smallest absolute Gasteiger partial charge is 0.248 e. The molecule has 0 spiro atoms. The highest BCUT2D eigenvalue weighted by atomic mass is 19.3. The first-order valence-electron chi connectivity index (χ1n) is 6.80. The van der Waals surface area contributed by atoms with E-state index in [2.05, 4.69) is 0 Å². The van der Waals surface area contributed by atoms with Gasteiger partial charge in [-0.2, -0.15) is 0 Å². The third-order valence-electron chi connectivity index (χ3n) is 3.74. The Morgan fingerprint density at radius 2 is 1.84 bits per heavy atom. The Balaban J connectivity index is 1.97.